The number of alkyl halides is 3. The summed E-state index contributed by atoms with van der Waals surface area (Å²) in [6.45, 7) is 2.86. The van der Waals surface area contributed by atoms with E-state index in [-0.39, 0.29) is 41.4 Å². The third-order valence-corrected chi connectivity index (χ3v) is 3.27. The fourth-order valence-corrected chi connectivity index (χ4v) is 2.22. The normalized spacial score (nSPS) is 11.5. The zero-order chi connectivity index (χ0) is 19.0. The van der Waals surface area contributed by atoms with Crippen LogP contribution in [0.4, 0.5) is 18.9 Å². The quantitative estimate of drug-likeness (QED) is 0.336. The van der Waals surface area contributed by atoms with Crippen molar-refractivity contribution in [3.63, 3.8) is 0 Å². The third kappa shape index (κ3) is 8.37. The predicted molar refractivity (Wildman–Crippen MR) is 110 cm³/mol. The van der Waals surface area contributed by atoms with E-state index < -0.39 is 6.36 Å². The average Bonchev–Trinajstić information content (AvgIpc) is 2.56. The van der Waals surface area contributed by atoms with Crippen LogP contribution in [0, 0.1) is 0 Å². The van der Waals surface area contributed by atoms with E-state index in [0.29, 0.717) is 19.6 Å². The van der Waals surface area contributed by atoms with Gasteiger partial charge in [-0.15, -0.1) is 37.1 Å². The molecule has 0 unspecified atom stereocenters. The maximum Gasteiger partial charge on any atom is 0.573 e. The fourth-order valence-electron chi connectivity index (χ4n) is 2.22. The van der Waals surface area contributed by atoms with Gasteiger partial charge in [-0.3, -0.25) is 4.99 Å². The fraction of sp³-hybridized carbons (Fsp3) is 0.278. The molecular weight excluding hydrogens is 474 g/mol. The Hall–Kier alpha value is -2.17. The molecule has 0 fully saturated rings. The molecule has 0 aliphatic rings. The van der Waals surface area contributed by atoms with Crippen LogP contribution in [0.25, 0.3) is 0 Å². The van der Waals surface area contributed by atoms with Crippen LogP contribution in [0.1, 0.15) is 12.5 Å². The molecular formula is C18H21F3IN3O2. The van der Waals surface area contributed by atoms with E-state index in [0.717, 1.165) is 11.3 Å². The van der Waals surface area contributed by atoms with E-state index >= 15 is 0 Å². The Morgan fingerprint density at radius 1 is 1.15 bits per heavy atom. The molecule has 0 atom stereocenters. The van der Waals surface area contributed by atoms with Gasteiger partial charge in [-0.05, 0) is 43.2 Å². The van der Waals surface area contributed by atoms with Crippen molar-refractivity contribution in [3.8, 4) is 11.5 Å². The summed E-state index contributed by atoms with van der Waals surface area (Å²) < 4.78 is 46.6. The van der Waals surface area contributed by atoms with Crippen molar-refractivity contribution in [2.75, 3.05) is 18.5 Å². The summed E-state index contributed by atoms with van der Waals surface area (Å²) in [5, 5.41) is 2.63. The second kappa shape index (κ2) is 10.9. The molecule has 0 aliphatic carbocycles. The van der Waals surface area contributed by atoms with Crippen molar-refractivity contribution < 1.29 is 22.6 Å². The molecule has 3 N–H and O–H groups in total. The third-order valence-electron chi connectivity index (χ3n) is 3.27. The highest BCUT2D eigenvalue weighted by Crippen LogP contribution is 2.29. The highest BCUT2D eigenvalue weighted by atomic mass is 127. The lowest BCUT2D eigenvalue weighted by Crippen LogP contribution is -2.24. The van der Waals surface area contributed by atoms with Gasteiger partial charge in [0, 0.05) is 6.54 Å². The van der Waals surface area contributed by atoms with Gasteiger partial charge in [0.2, 0.25) is 0 Å². The van der Waals surface area contributed by atoms with E-state index in [2.05, 4.69) is 15.0 Å². The van der Waals surface area contributed by atoms with Crippen molar-refractivity contribution in [2.45, 2.75) is 19.7 Å². The molecule has 0 spiro atoms. The summed E-state index contributed by atoms with van der Waals surface area (Å²) in [6.07, 6.45) is -4.17. The maximum absolute atomic E-state index is 12.4. The van der Waals surface area contributed by atoms with Crippen LogP contribution in [-0.4, -0.2) is 25.5 Å². The summed E-state index contributed by atoms with van der Waals surface area (Å²) in [6, 6.07) is 13.2. The Labute approximate surface area is 172 Å². The van der Waals surface area contributed by atoms with Gasteiger partial charge in [0.15, 0.2) is 11.7 Å². The Morgan fingerprint density at radius 2 is 1.89 bits per heavy atom. The number of para-hydroxylation sites is 2. The lowest BCUT2D eigenvalue weighted by Gasteiger charge is -2.14. The molecule has 2 rings (SSSR count). The molecule has 0 saturated carbocycles. The first kappa shape index (κ1) is 22.9. The largest absolute Gasteiger partial charge is 0.573 e. The van der Waals surface area contributed by atoms with Crippen molar-refractivity contribution in [1.82, 2.24) is 0 Å². The minimum Gasteiger partial charge on any atom is -0.494 e. The van der Waals surface area contributed by atoms with E-state index in [1.165, 1.54) is 18.2 Å². The summed E-state index contributed by atoms with van der Waals surface area (Å²) in [5.74, 6) is 0.407. The Kier molecular flexibility index (Phi) is 9.19. The van der Waals surface area contributed by atoms with Crippen LogP contribution in [0.3, 0.4) is 0 Å². The standard InChI is InChI=1S/C18H20F3N3O2.HI/c1-2-25-14-7-5-6-13(12-14)10-11-23-17(22)24-15-8-3-4-9-16(15)26-18(19,20)21;/h3-9,12H,2,10-11H2,1H3,(H3,22,23,24);1H. The van der Waals surface area contributed by atoms with Gasteiger partial charge in [0.25, 0.3) is 0 Å². The smallest absolute Gasteiger partial charge is 0.494 e. The maximum atomic E-state index is 12.4. The highest BCUT2D eigenvalue weighted by Gasteiger charge is 2.32. The van der Waals surface area contributed by atoms with Crippen molar-refractivity contribution in [1.29, 1.82) is 0 Å². The summed E-state index contributed by atoms with van der Waals surface area (Å²) >= 11 is 0. The first-order chi connectivity index (χ1) is 12.4. The van der Waals surface area contributed by atoms with E-state index in [9.17, 15) is 13.2 Å². The zero-order valence-electron chi connectivity index (χ0n) is 14.6. The van der Waals surface area contributed by atoms with Crippen molar-refractivity contribution in [3.05, 3.63) is 54.1 Å². The van der Waals surface area contributed by atoms with Crippen LogP contribution >= 0.6 is 24.0 Å². The van der Waals surface area contributed by atoms with Crippen LogP contribution in [-0.2, 0) is 6.42 Å². The van der Waals surface area contributed by atoms with Crippen molar-refractivity contribution >= 4 is 35.6 Å². The molecule has 0 heterocycles. The van der Waals surface area contributed by atoms with Gasteiger partial charge in [-0.2, -0.15) is 0 Å². The Balaban J connectivity index is 0.00000364. The number of aliphatic imine (C=N–C) groups is 1. The molecule has 0 amide bonds. The number of hydrogen-bond donors (Lipinski definition) is 2. The van der Waals surface area contributed by atoms with Crippen LogP contribution in [0.2, 0.25) is 0 Å². The van der Waals surface area contributed by atoms with Crippen molar-refractivity contribution in [2.24, 2.45) is 10.7 Å². The van der Waals surface area contributed by atoms with Gasteiger partial charge in [0.1, 0.15) is 5.75 Å². The number of nitrogens with one attached hydrogen (secondary N) is 1. The molecule has 9 heteroatoms. The number of benzene rings is 2. The zero-order valence-corrected chi connectivity index (χ0v) is 17.0. The monoisotopic (exact) mass is 495 g/mol. The second-order valence-electron chi connectivity index (χ2n) is 5.27. The topological polar surface area (TPSA) is 68.9 Å². The first-order valence-corrected chi connectivity index (χ1v) is 8.01. The number of hydrogen-bond acceptors (Lipinski definition) is 3. The Bertz CT molecular complexity index is 755. The van der Waals surface area contributed by atoms with Gasteiger partial charge in [0.05, 0.1) is 12.3 Å². The summed E-state index contributed by atoms with van der Waals surface area (Å²) in [7, 11) is 0. The predicted octanol–water partition coefficient (Wildman–Crippen LogP) is 4.57. The number of nitrogens with two attached hydrogens (primary N) is 1. The number of rotatable bonds is 7. The van der Waals surface area contributed by atoms with Gasteiger partial charge >= 0.3 is 6.36 Å². The molecule has 148 valence electrons. The minimum atomic E-state index is -4.78. The number of ether oxygens (including phenoxy) is 2. The number of halogens is 4. The van der Waals surface area contributed by atoms with E-state index in [4.69, 9.17) is 10.5 Å². The Morgan fingerprint density at radius 3 is 2.59 bits per heavy atom. The minimum absolute atomic E-state index is 0. The highest BCUT2D eigenvalue weighted by molar-refractivity contribution is 14.0. The molecule has 0 radical (unpaired) electrons. The molecule has 27 heavy (non-hydrogen) atoms. The SMILES string of the molecule is CCOc1cccc(CCN=C(N)Nc2ccccc2OC(F)(F)F)c1.I. The molecule has 0 saturated heterocycles. The molecule has 5 nitrogen and oxygen atoms in total. The first-order valence-electron chi connectivity index (χ1n) is 8.01. The van der Waals surface area contributed by atoms with E-state index in [1.807, 2.05) is 31.2 Å². The molecule has 2 aromatic carbocycles. The summed E-state index contributed by atoms with van der Waals surface area (Å²) in [4.78, 5) is 4.13. The average molecular weight is 495 g/mol. The van der Waals surface area contributed by atoms with Gasteiger partial charge in [-0.25, -0.2) is 0 Å². The van der Waals surface area contributed by atoms with Gasteiger partial charge in [-0.1, -0.05) is 24.3 Å². The number of anilines is 1. The number of nitrogens with zero attached hydrogens (tertiary/aromatic N) is 1. The van der Waals surface area contributed by atoms with E-state index in [1.54, 1.807) is 6.07 Å². The van der Waals surface area contributed by atoms with Crippen LogP contribution < -0.4 is 20.5 Å². The molecule has 0 bridgehead atoms. The lowest BCUT2D eigenvalue weighted by molar-refractivity contribution is -0.274. The molecule has 2 aromatic rings. The molecule has 0 aromatic heterocycles. The second-order valence-corrected chi connectivity index (χ2v) is 5.27. The number of guanidine groups is 1. The lowest BCUT2D eigenvalue weighted by atomic mass is 10.1. The van der Waals surface area contributed by atoms with Crippen LogP contribution in [0.15, 0.2) is 53.5 Å². The van der Waals surface area contributed by atoms with Crippen LogP contribution in [0.5, 0.6) is 11.5 Å². The summed E-state index contributed by atoms with van der Waals surface area (Å²) in [5.41, 5.74) is 6.87. The van der Waals surface area contributed by atoms with Gasteiger partial charge < -0.3 is 20.5 Å². The molecule has 0 aliphatic heterocycles.